The quantitative estimate of drug-likeness (QED) is 0.750. The number of ether oxygens (including phenoxy) is 1. The number of rotatable bonds is 6. The molecule has 0 spiro atoms. The lowest BCUT2D eigenvalue weighted by Gasteiger charge is -2.15. The molecule has 0 atom stereocenters. The summed E-state index contributed by atoms with van der Waals surface area (Å²) in [6, 6.07) is 1.89. The zero-order chi connectivity index (χ0) is 10.7. The van der Waals surface area contributed by atoms with Crippen LogP contribution in [0.2, 0.25) is 0 Å². The van der Waals surface area contributed by atoms with Crippen LogP contribution in [0.4, 0.5) is 10.8 Å². The maximum Gasteiger partial charge on any atom is 0.139 e. The highest BCUT2D eigenvalue weighted by molar-refractivity contribution is 7.10. The van der Waals surface area contributed by atoms with E-state index in [0.29, 0.717) is 5.82 Å². The molecule has 0 aromatic carbocycles. The number of hydrogen-bond acceptors (Lipinski definition) is 5. The third kappa shape index (κ3) is 3.35. The Labute approximate surface area is 94.2 Å². The summed E-state index contributed by atoms with van der Waals surface area (Å²) in [4.78, 5) is 2.13. The highest BCUT2D eigenvalue weighted by Crippen LogP contribution is 2.28. The van der Waals surface area contributed by atoms with Crippen molar-refractivity contribution < 1.29 is 4.74 Å². The van der Waals surface area contributed by atoms with Gasteiger partial charge in [-0.3, -0.25) is 0 Å². The molecule has 1 fully saturated rings. The third-order valence-electron chi connectivity index (χ3n) is 2.51. The fourth-order valence-corrected chi connectivity index (χ4v) is 1.96. The van der Waals surface area contributed by atoms with E-state index in [1.807, 2.05) is 13.1 Å². The molecule has 4 nitrogen and oxygen atoms in total. The summed E-state index contributed by atoms with van der Waals surface area (Å²) in [5, 5.41) is 1.10. The van der Waals surface area contributed by atoms with Crippen molar-refractivity contribution in [1.82, 2.24) is 4.37 Å². The first-order valence-electron chi connectivity index (χ1n) is 5.27. The Hall–Kier alpha value is -0.810. The van der Waals surface area contributed by atoms with Crippen LogP contribution in [0.15, 0.2) is 6.07 Å². The molecule has 1 aromatic heterocycles. The SMILES string of the molecule is CN(CCOCC1CC1)c1cc(N)ns1. The van der Waals surface area contributed by atoms with E-state index >= 15 is 0 Å². The molecule has 1 aromatic rings. The number of likely N-dealkylation sites (N-methyl/N-ethyl adjacent to an activating group) is 1. The van der Waals surface area contributed by atoms with Crippen LogP contribution in [-0.2, 0) is 4.74 Å². The number of anilines is 2. The monoisotopic (exact) mass is 227 g/mol. The van der Waals surface area contributed by atoms with Crippen molar-refractivity contribution in [3.63, 3.8) is 0 Å². The van der Waals surface area contributed by atoms with Gasteiger partial charge in [-0.1, -0.05) is 0 Å². The first-order valence-corrected chi connectivity index (χ1v) is 6.04. The van der Waals surface area contributed by atoms with Crippen LogP contribution in [0.5, 0.6) is 0 Å². The van der Waals surface area contributed by atoms with Crippen LogP contribution >= 0.6 is 11.5 Å². The first kappa shape index (κ1) is 10.7. The van der Waals surface area contributed by atoms with Crippen LogP contribution in [0.3, 0.4) is 0 Å². The van der Waals surface area contributed by atoms with Crippen molar-refractivity contribution in [3.8, 4) is 0 Å². The number of nitrogen functional groups attached to an aromatic ring is 1. The van der Waals surface area contributed by atoms with Gasteiger partial charge in [-0.2, -0.15) is 4.37 Å². The van der Waals surface area contributed by atoms with Crippen LogP contribution in [0.1, 0.15) is 12.8 Å². The van der Waals surface area contributed by atoms with Crippen molar-refractivity contribution in [2.75, 3.05) is 37.4 Å². The Balaban J connectivity index is 1.64. The van der Waals surface area contributed by atoms with Crippen LogP contribution in [0, 0.1) is 5.92 Å². The largest absolute Gasteiger partial charge is 0.383 e. The van der Waals surface area contributed by atoms with Crippen LogP contribution < -0.4 is 10.6 Å². The molecule has 84 valence electrons. The van der Waals surface area contributed by atoms with Crippen LogP contribution in [-0.4, -0.2) is 31.2 Å². The van der Waals surface area contributed by atoms with Gasteiger partial charge in [0.05, 0.1) is 6.61 Å². The standard InChI is InChI=1S/C10H17N3OS/c1-13(10-6-9(11)12-15-10)4-5-14-7-8-2-3-8/h6,8H,2-5,7H2,1H3,(H2,11,12). The minimum atomic E-state index is 0.598. The maximum absolute atomic E-state index is 5.57. The molecule has 2 rings (SSSR count). The lowest BCUT2D eigenvalue weighted by Crippen LogP contribution is -2.22. The van der Waals surface area contributed by atoms with E-state index in [2.05, 4.69) is 9.27 Å². The van der Waals surface area contributed by atoms with Crippen molar-refractivity contribution >= 4 is 22.4 Å². The smallest absolute Gasteiger partial charge is 0.139 e. The summed E-state index contributed by atoms with van der Waals surface area (Å²) >= 11 is 1.43. The summed E-state index contributed by atoms with van der Waals surface area (Å²) in [6.07, 6.45) is 2.70. The van der Waals surface area contributed by atoms with Crippen molar-refractivity contribution in [3.05, 3.63) is 6.07 Å². The highest BCUT2D eigenvalue weighted by atomic mass is 32.1. The summed E-state index contributed by atoms with van der Waals surface area (Å²) in [5.74, 6) is 1.44. The molecule has 15 heavy (non-hydrogen) atoms. The Morgan fingerprint density at radius 3 is 3.07 bits per heavy atom. The van der Waals surface area contributed by atoms with Gasteiger partial charge in [0, 0.05) is 26.3 Å². The highest BCUT2D eigenvalue weighted by Gasteiger charge is 2.20. The predicted octanol–water partition coefficient (Wildman–Crippen LogP) is 1.59. The number of nitrogens with zero attached hydrogens (tertiary/aromatic N) is 2. The summed E-state index contributed by atoms with van der Waals surface area (Å²) < 4.78 is 9.61. The minimum Gasteiger partial charge on any atom is -0.383 e. The molecular formula is C10H17N3OS. The van der Waals surface area contributed by atoms with Gasteiger partial charge in [-0.05, 0) is 30.3 Å². The molecule has 0 aliphatic heterocycles. The molecule has 1 saturated carbocycles. The lowest BCUT2D eigenvalue weighted by atomic mass is 10.5. The van der Waals surface area contributed by atoms with E-state index in [1.165, 1.54) is 24.4 Å². The number of hydrogen-bond donors (Lipinski definition) is 1. The molecule has 0 radical (unpaired) electrons. The zero-order valence-electron chi connectivity index (χ0n) is 8.98. The van der Waals surface area contributed by atoms with E-state index in [4.69, 9.17) is 10.5 Å². The molecule has 1 heterocycles. The maximum atomic E-state index is 5.57. The summed E-state index contributed by atoms with van der Waals surface area (Å²) in [7, 11) is 2.04. The zero-order valence-corrected chi connectivity index (χ0v) is 9.80. The van der Waals surface area contributed by atoms with Gasteiger partial charge in [-0.25, -0.2) is 0 Å². The minimum absolute atomic E-state index is 0.598. The van der Waals surface area contributed by atoms with E-state index in [-0.39, 0.29) is 0 Å². The fraction of sp³-hybridized carbons (Fsp3) is 0.700. The van der Waals surface area contributed by atoms with E-state index < -0.39 is 0 Å². The Morgan fingerprint density at radius 1 is 1.67 bits per heavy atom. The van der Waals surface area contributed by atoms with Crippen LogP contribution in [0.25, 0.3) is 0 Å². The Morgan fingerprint density at radius 2 is 2.47 bits per heavy atom. The second-order valence-corrected chi connectivity index (χ2v) is 4.81. The second kappa shape index (κ2) is 4.81. The van der Waals surface area contributed by atoms with Gasteiger partial charge < -0.3 is 15.4 Å². The van der Waals surface area contributed by atoms with Gasteiger partial charge in [-0.15, -0.1) is 0 Å². The first-order chi connectivity index (χ1) is 7.25. The van der Waals surface area contributed by atoms with Gasteiger partial charge in [0.15, 0.2) is 0 Å². The normalized spacial score (nSPS) is 15.5. The summed E-state index contributed by atoms with van der Waals surface area (Å²) in [5.41, 5.74) is 5.56. The Bertz CT molecular complexity index is 311. The topological polar surface area (TPSA) is 51.4 Å². The molecule has 5 heteroatoms. The molecule has 2 N–H and O–H groups in total. The molecule has 0 bridgehead atoms. The van der Waals surface area contributed by atoms with E-state index in [0.717, 1.165) is 30.7 Å². The molecule has 0 unspecified atom stereocenters. The van der Waals surface area contributed by atoms with Crippen molar-refractivity contribution in [1.29, 1.82) is 0 Å². The number of nitrogens with two attached hydrogens (primary N) is 1. The average Bonchev–Trinajstić information content (AvgIpc) is 2.94. The second-order valence-electron chi connectivity index (χ2n) is 4.03. The summed E-state index contributed by atoms with van der Waals surface area (Å²) in [6.45, 7) is 2.61. The fourth-order valence-electron chi connectivity index (χ4n) is 1.30. The van der Waals surface area contributed by atoms with Gasteiger partial charge in [0.1, 0.15) is 10.8 Å². The van der Waals surface area contributed by atoms with Crippen molar-refractivity contribution in [2.24, 2.45) is 5.92 Å². The molecule has 1 aliphatic carbocycles. The lowest BCUT2D eigenvalue weighted by molar-refractivity contribution is 0.131. The van der Waals surface area contributed by atoms with E-state index in [1.54, 1.807) is 0 Å². The van der Waals surface area contributed by atoms with E-state index in [9.17, 15) is 0 Å². The van der Waals surface area contributed by atoms with Gasteiger partial charge >= 0.3 is 0 Å². The van der Waals surface area contributed by atoms with Gasteiger partial charge in [0.25, 0.3) is 0 Å². The van der Waals surface area contributed by atoms with Crippen molar-refractivity contribution in [2.45, 2.75) is 12.8 Å². The Kier molecular flexibility index (Phi) is 3.43. The predicted molar refractivity (Wildman–Crippen MR) is 63.3 cm³/mol. The average molecular weight is 227 g/mol. The molecule has 0 saturated heterocycles. The molecule has 1 aliphatic rings. The third-order valence-corrected chi connectivity index (χ3v) is 3.43. The van der Waals surface area contributed by atoms with Gasteiger partial charge in [0.2, 0.25) is 0 Å². The number of aromatic nitrogens is 1. The molecular weight excluding hydrogens is 210 g/mol. The molecule has 0 amide bonds.